The first-order valence-electron chi connectivity index (χ1n) is 5.04. The Morgan fingerprint density at radius 3 is 3.13 bits per heavy atom. The predicted octanol–water partition coefficient (Wildman–Crippen LogP) is 1.84. The lowest BCUT2D eigenvalue weighted by Gasteiger charge is -2.05. The highest BCUT2D eigenvalue weighted by Gasteiger charge is 2.02. The van der Waals surface area contributed by atoms with Crippen molar-refractivity contribution in [3.05, 3.63) is 17.8 Å². The smallest absolute Gasteiger partial charge is 0.138 e. The summed E-state index contributed by atoms with van der Waals surface area (Å²) in [5, 5.41) is 6.45. The van der Waals surface area contributed by atoms with Crippen LogP contribution in [0.4, 0.5) is 5.82 Å². The Morgan fingerprint density at radius 1 is 1.33 bits per heavy atom. The maximum atomic E-state index is 5.43. The Kier molecular flexibility index (Phi) is 3.47. The topological polar surface area (TPSA) is 63.8 Å². The van der Waals surface area contributed by atoms with Gasteiger partial charge in [0, 0.05) is 6.54 Å². The Balaban J connectivity index is 2.04. The number of anilines is 1. The van der Waals surface area contributed by atoms with Crippen LogP contribution in [0, 0.1) is 0 Å². The number of aromatic nitrogens is 2. The number of hydrogen-bond donors (Lipinski definition) is 2. The third kappa shape index (κ3) is 2.43. The number of nitrogens with zero attached hydrogens (tertiary/aromatic N) is 2. The SMILES string of the molecule is NCCCCNc1ncnc2sccc12. The molecule has 0 aliphatic heterocycles. The van der Waals surface area contributed by atoms with Crippen LogP contribution < -0.4 is 11.1 Å². The summed E-state index contributed by atoms with van der Waals surface area (Å²) in [5.74, 6) is 0.929. The summed E-state index contributed by atoms with van der Waals surface area (Å²) in [7, 11) is 0. The van der Waals surface area contributed by atoms with Crippen LogP contribution in [0.15, 0.2) is 17.8 Å². The zero-order valence-corrected chi connectivity index (χ0v) is 9.26. The quantitative estimate of drug-likeness (QED) is 0.758. The maximum Gasteiger partial charge on any atom is 0.138 e. The minimum absolute atomic E-state index is 0.749. The Bertz CT molecular complexity index is 426. The summed E-state index contributed by atoms with van der Waals surface area (Å²) in [6.45, 7) is 1.67. The average molecular weight is 222 g/mol. The molecule has 0 aromatic carbocycles. The molecule has 2 aromatic rings. The normalized spacial score (nSPS) is 10.7. The first-order valence-corrected chi connectivity index (χ1v) is 5.92. The molecule has 0 fully saturated rings. The molecular weight excluding hydrogens is 208 g/mol. The lowest BCUT2D eigenvalue weighted by molar-refractivity contribution is 0.773. The molecule has 0 spiro atoms. The predicted molar refractivity (Wildman–Crippen MR) is 64.2 cm³/mol. The summed E-state index contributed by atoms with van der Waals surface area (Å²) in [4.78, 5) is 9.46. The highest BCUT2D eigenvalue weighted by Crippen LogP contribution is 2.23. The summed E-state index contributed by atoms with van der Waals surface area (Å²) in [6.07, 6.45) is 3.72. The molecule has 0 aliphatic rings. The molecule has 4 nitrogen and oxygen atoms in total. The number of rotatable bonds is 5. The van der Waals surface area contributed by atoms with Crippen LogP contribution in [0.5, 0.6) is 0 Å². The molecule has 3 N–H and O–H groups in total. The molecule has 2 aromatic heterocycles. The molecule has 2 heterocycles. The van der Waals surface area contributed by atoms with Crippen LogP contribution in [0.2, 0.25) is 0 Å². The van der Waals surface area contributed by atoms with Crippen molar-refractivity contribution in [3.8, 4) is 0 Å². The van der Waals surface area contributed by atoms with E-state index in [0.717, 1.165) is 42.0 Å². The van der Waals surface area contributed by atoms with Gasteiger partial charge in [-0.05, 0) is 30.8 Å². The zero-order chi connectivity index (χ0) is 10.5. The van der Waals surface area contributed by atoms with Crippen molar-refractivity contribution in [2.45, 2.75) is 12.8 Å². The Hall–Kier alpha value is -1.20. The van der Waals surface area contributed by atoms with Gasteiger partial charge in [-0.15, -0.1) is 11.3 Å². The van der Waals surface area contributed by atoms with E-state index in [1.54, 1.807) is 17.7 Å². The van der Waals surface area contributed by atoms with E-state index in [-0.39, 0.29) is 0 Å². The van der Waals surface area contributed by atoms with Crippen molar-refractivity contribution in [2.24, 2.45) is 5.73 Å². The molecular formula is C10H14N4S. The van der Waals surface area contributed by atoms with Gasteiger partial charge in [-0.1, -0.05) is 0 Å². The fraction of sp³-hybridized carbons (Fsp3) is 0.400. The van der Waals surface area contributed by atoms with Crippen LogP contribution in [0.1, 0.15) is 12.8 Å². The third-order valence-electron chi connectivity index (χ3n) is 2.19. The number of nitrogens with two attached hydrogens (primary N) is 1. The van der Waals surface area contributed by atoms with Crippen molar-refractivity contribution in [2.75, 3.05) is 18.4 Å². The van der Waals surface area contributed by atoms with Crippen molar-refractivity contribution >= 4 is 27.4 Å². The van der Waals surface area contributed by atoms with Gasteiger partial charge in [-0.2, -0.15) is 0 Å². The first kappa shape index (κ1) is 10.3. The van der Waals surface area contributed by atoms with Crippen LogP contribution in [-0.4, -0.2) is 23.1 Å². The molecule has 0 saturated carbocycles. The van der Waals surface area contributed by atoms with Gasteiger partial charge in [0.05, 0.1) is 5.39 Å². The molecule has 0 unspecified atom stereocenters. The lowest BCUT2D eigenvalue weighted by Crippen LogP contribution is -2.06. The fourth-order valence-corrected chi connectivity index (χ4v) is 2.14. The number of nitrogens with one attached hydrogen (secondary N) is 1. The van der Waals surface area contributed by atoms with E-state index in [9.17, 15) is 0 Å². The second-order valence-electron chi connectivity index (χ2n) is 3.28. The molecule has 2 rings (SSSR count). The number of fused-ring (bicyclic) bond motifs is 1. The molecule has 5 heteroatoms. The van der Waals surface area contributed by atoms with Crippen molar-refractivity contribution < 1.29 is 0 Å². The Morgan fingerprint density at radius 2 is 2.27 bits per heavy atom. The molecule has 0 radical (unpaired) electrons. The minimum Gasteiger partial charge on any atom is -0.369 e. The van der Waals surface area contributed by atoms with E-state index < -0.39 is 0 Å². The minimum atomic E-state index is 0.749. The van der Waals surface area contributed by atoms with Gasteiger partial charge in [0.1, 0.15) is 17.0 Å². The van der Waals surface area contributed by atoms with Crippen LogP contribution in [0.3, 0.4) is 0 Å². The van der Waals surface area contributed by atoms with Gasteiger partial charge in [-0.3, -0.25) is 0 Å². The largest absolute Gasteiger partial charge is 0.369 e. The van der Waals surface area contributed by atoms with Gasteiger partial charge in [0.2, 0.25) is 0 Å². The Labute approximate surface area is 92.5 Å². The highest BCUT2D eigenvalue weighted by molar-refractivity contribution is 7.16. The molecule has 0 bridgehead atoms. The molecule has 0 saturated heterocycles. The summed E-state index contributed by atoms with van der Waals surface area (Å²) < 4.78 is 0. The van der Waals surface area contributed by atoms with Crippen LogP contribution in [-0.2, 0) is 0 Å². The number of hydrogen-bond acceptors (Lipinski definition) is 5. The van der Waals surface area contributed by atoms with E-state index in [2.05, 4.69) is 15.3 Å². The van der Waals surface area contributed by atoms with Gasteiger partial charge in [0.15, 0.2) is 0 Å². The van der Waals surface area contributed by atoms with Crippen LogP contribution >= 0.6 is 11.3 Å². The van der Waals surface area contributed by atoms with E-state index >= 15 is 0 Å². The van der Waals surface area contributed by atoms with Gasteiger partial charge in [-0.25, -0.2) is 9.97 Å². The molecule has 0 atom stereocenters. The summed E-state index contributed by atoms with van der Waals surface area (Å²) in [5.41, 5.74) is 5.43. The zero-order valence-electron chi connectivity index (χ0n) is 8.44. The molecule has 0 amide bonds. The second-order valence-corrected chi connectivity index (χ2v) is 4.18. The van der Waals surface area contributed by atoms with E-state index in [1.165, 1.54) is 0 Å². The van der Waals surface area contributed by atoms with Gasteiger partial charge in [0.25, 0.3) is 0 Å². The third-order valence-corrected chi connectivity index (χ3v) is 3.01. The molecule has 0 aliphatic carbocycles. The average Bonchev–Trinajstić information content (AvgIpc) is 2.73. The van der Waals surface area contributed by atoms with Crippen molar-refractivity contribution in [1.29, 1.82) is 0 Å². The van der Waals surface area contributed by atoms with Gasteiger partial charge >= 0.3 is 0 Å². The summed E-state index contributed by atoms with van der Waals surface area (Å²) in [6, 6.07) is 2.05. The van der Waals surface area contributed by atoms with E-state index in [4.69, 9.17) is 5.73 Å². The standard InChI is InChI=1S/C10H14N4S/c11-4-1-2-5-12-9-8-3-6-15-10(8)14-7-13-9/h3,6-7H,1-2,4-5,11H2,(H,12,13,14). The second kappa shape index (κ2) is 5.04. The monoisotopic (exact) mass is 222 g/mol. The number of unbranched alkanes of at least 4 members (excludes halogenated alkanes) is 1. The molecule has 80 valence electrons. The van der Waals surface area contributed by atoms with Crippen LogP contribution in [0.25, 0.3) is 10.2 Å². The highest BCUT2D eigenvalue weighted by atomic mass is 32.1. The number of thiophene rings is 1. The van der Waals surface area contributed by atoms with Crippen molar-refractivity contribution in [3.63, 3.8) is 0 Å². The van der Waals surface area contributed by atoms with Crippen molar-refractivity contribution in [1.82, 2.24) is 9.97 Å². The van der Waals surface area contributed by atoms with E-state index in [0.29, 0.717) is 0 Å². The van der Waals surface area contributed by atoms with E-state index in [1.807, 2.05) is 11.4 Å². The first-order chi connectivity index (χ1) is 7.42. The summed E-state index contributed by atoms with van der Waals surface area (Å²) >= 11 is 1.63. The lowest BCUT2D eigenvalue weighted by atomic mass is 10.3. The fourth-order valence-electron chi connectivity index (χ4n) is 1.41. The van der Waals surface area contributed by atoms with Gasteiger partial charge < -0.3 is 11.1 Å². The maximum absolute atomic E-state index is 5.43. The molecule has 15 heavy (non-hydrogen) atoms.